The quantitative estimate of drug-likeness (QED) is 0.785. The number of thiazole rings is 1. The van der Waals surface area contributed by atoms with E-state index in [9.17, 15) is 9.59 Å². The molecule has 2 aromatic rings. The molecular weight excluding hydrogens is 330 g/mol. The fraction of sp³-hybridized carbons (Fsp3) is 0.467. The summed E-state index contributed by atoms with van der Waals surface area (Å²) >= 11 is 0.977. The van der Waals surface area contributed by atoms with E-state index in [0.717, 1.165) is 30.0 Å². The van der Waals surface area contributed by atoms with Gasteiger partial charge >= 0.3 is 5.97 Å². The summed E-state index contributed by atoms with van der Waals surface area (Å²) in [5.74, 6) is -0.311. The summed E-state index contributed by atoms with van der Waals surface area (Å²) < 4.78 is 1.94. The van der Waals surface area contributed by atoms with E-state index in [0.29, 0.717) is 23.4 Å². The lowest BCUT2D eigenvalue weighted by atomic mass is 10.4. The predicted octanol–water partition coefficient (Wildman–Crippen LogP) is 1.49. The summed E-state index contributed by atoms with van der Waals surface area (Å²) in [4.78, 5) is 34.0. The number of carbonyl (C=O) groups is 2. The van der Waals surface area contributed by atoms with Crippen LogP contribution in [0.25, 0.3) is 0 Å². The molecule has 0 spiro atoms. The number of carbonyl (C=O) groups excluding carboxylic acids is 1. The van der Waals surface area contributed by atoms with Gasteiger partial charge in [-0.3, -0.25) is 9.69 Å². The van der Waals surface area contributed by atoms with Crippen LogP contribution in [0.4, 0.5) is 5.13 Å². The molecule has 0 radical (unpaired) electrons. The van der Waals surface area contributed by atoms with Gasteiger partial charge in [0.25, 0.3) is 0 Å². The molecule has 8 nitrogen and oxygen atoms in total. The molecule has 2 aromatic heterocycles. The number of anilines is 1. The van der Waals surface area contributed by atoms with Gasteiger partial charge in [0.2, 0.25) is 5.91 Å². The molecule has 9 heteroatoms. The standard InChI is InChI=1S/C15H19N5O3S/c1-9-13(14(22)23)24-15(17-9)18-12(21)8-20(10-3-4-10)7-11-16-5-6-19(11)2/h5-6,10H,3-4,7-8H2,1-2H3,(H,22,23)(H,17,18,21). The number of aromatic carboxylic acids is 1. The lowest BCUT2D eigenvalue weighted by Crippen LogP contribution is -2.35. The van der Waals surface area contributed by atoms with E-state index >= 15 is 0 Å². The van der Waals surface area contributed by atoms with Crippen LogP contribution in [0.1, 0.15) is 34.0 Å². The summed E-state index contributed by atoms with van der Waals surface area (Å²) in [6, 6.07) is 0.403. The number of aromatic nitrogens is 3. The van der Waals surface area contributed by atoms with Crippen molar-refractivity contribution in [3.63, 3.8) is 0 Å². The van der Waals surface area contributed by atoms with Gasteiger partial charge in [-0.2, -0.15) is 0 Å². The number of hydrogen-bond acceptors (Lipinski definition) is 6. The van der Waals surface area contributed by atoms with Crippen molar-refractivity contribution in [2.45, 2.75) is 32.4 Å². The van der Waals surface area contributed by atoms with E-state index in [1.54, 1.807) is 13.1 Å². The SMILES string of the molecule is Cc1nc(NC(=O)CN(Cc2nccn2C)C2CC2)sc1C(=O)O. The number of carboxylic acid groups (broad SMARTS) is 1. The van der Waals surface area contributed by atoms with Gasteiger partial charge < -0.3 is 15.0 Å². The number of nitrogens with zero attached hydrogens (tertiary/aromatic N) is 4. The summed E-state index contributed by atoms with van der Waals surface area (Å²) in [5, 5.41) is 12.1. The number of rotatable bonds is 7. The molecule has 2 N–H and O–H groups in total. The van der Waals surface area contributed by atoms with Gasteiger partial charge in [0.05, 0.1) is 18.8 Å². The highest BCUT2D eigenvalue weighted by Gasteiger charge is 2.31. The smallest absolute Gasteiger partial charge is 0.347 e. The Kier molecular flexibility index (Phi) is 4.63. The Balaban J connectivity index is 1.63. The number of amides is 1. The van der Waals surface area contributed by atoms with Gasteiger partial charge in [-0.1, -0.05) is 11.3 Å². The summed E-state index contributed by atoms with van der Waals surface area (Å²) in [6.07, 6.45) is 5.78. The minimum absolute atomic E-state index is 0.150. The maximum absolute atomic E-state index is 12.3. The van der Waals surface area contributed by atoms with E-state index in [4.69, 9.17) is 5.11 Å². The number of aryl methyl sites for hydroxylation is 2. The fourth-order valence-electron chi connectivity index (χ4n) is 2.48. The molecule has 1 amide bonds. The number of imidazole rings is 1. The Morgan fingerprint density at radius 3 is 2.79 bits per heavy atom. The third kappa shape index (κ3) is 3.80. The van der Waals surface area contributed by atoms with Crippen molar-refractivity contribution in [2.24, 2.45) is 7.05 Å². The molecule has 1 fully saturated rings. The van der Waals surface area contributed by atoms with Crippen LogP contribution in [0.15, 0.2) is 12.4 Å². The normalized spacial score (nSPS) is 14.1. The van der Waals surface area contributed by atoms with Gasteiger partial charge in [0.1, 0.15) is 10.7 Å². The van der Waals surface area contributed by atoms with Gasteiger partial charge in [-0.05, 0) is 19.8 Å². The first-order valence-electron chi connectivity index (χ1n) is 7.65. The van der Waals surface area contributed by atoms with E-state index in [1.165, 1.54) is 0 Å². The van der Waals surface area contributed by atoms with E-state index < -0.39 is 5.97 Å². The van der Waals surface area contributed by atoms with Gasteiger partial charge in [0.15, 0.2) is 5.13 Å². The highest BCUT2D eigenvalue weighted by atomic mass is 32.1. The highest BCUT2D eigenvalue weighted by molar-refractivity contribution is 7.17. The van der Waals surface area contributed by atoms with Crippen LogP contribution in [0.5, 0.6) is 0 Å². The van der Waals surface area contributed by atoms with Crippen molar-refractivity contribution in [2.75, 3.05) is 11.9 Å². The lowest BCUT2D eigenvalue weighted by Gasteiger charge is -2.20. The minimum atomic E-state index is -1.03. The van der Waals surface area contributed by atoms with Crippen molar-refractivity contribution in [1.82, 2.24) is 19.4 Å². The van der Waals surface area contributed by atoms with Crippen LogP contribution in [-0.2, 0) is 18.4 Å². The van der Waals surface area contributed by atoms with Crippen LogP contribution < -0.4 is 5.32 Å². The predicted molar refractivity (Wildman–Crippen MR) is 89.1 cm³/mol. The van der Waals surface area contributed by atoms with Crippen molar-refractivity contribution in [3.8, 4) is 0 Å². The average molecular weight is 349 g/mol. The summed E-state index contributed by atoms with van der Waals surface area (Å²) in [5.41, 5.74) is 0.412. The molecule has 0 saturated heterocycles. The number of hydrogen-bond donors (Lipinski definition) is 2. The minimum Gasteiger partial charge on any atom is -0.477 e. The molecule has 1 saturated carbocycles. The summed E-state index contributed by atoms with van der Waals surface area (Å²) in [7, 11) is 1.93. The Labute approximate surface area is 143 Å². The third-order valence-corrected chi connectivity index (χ3v) is 4.97. The van der Waals surface area contributed by atoms with Crippen LogP contribution in [0.3, 0.4) is 0 Å². The van der Waals surface area contributed by atoms with Gasteiger partial charge in [0, 0.05) is 25.5 Å². The monoisotopic (exact) mass is 349 g/mol. The number of carboxylic acids is 1. The first-order valence-corrected chi connectivity index (χ1v) is 8.46. The van der Waals surface area contributed by atoms with Crippen molar-refractivity contribution in [3.05, 3.63) is 28.8 Å². The van der Waals surface area contributed by atoms with Crippen LogP contribution in [0.2, 0.25) is 0 Å². The van der Waals surface area contributed by atoms with Crippen molar-refractivity contribution < 1.29 is 14.7 Å². The Hall–Kier alpha value is -2.26. The second kappa shape index (κ2) is 6.70. The summed E-state index contributed by atoms with van der Waals surface area (Å²) in [6.45, 7) is 2.46. The van der Waals surface area contributed by atoms with Crippen LogP contribution >= 0.6 is 11.3 Å². The molecule has 0 bridgehead atoms. The lowest BCUT2D eigenvalue weighted by molar-refractivity contribution is -0.117. The Bertz CT molecular complexity index is 765. The largest absolute Gasteiger partial charge is 0.477 e. The zero-order valence-electron chi connectivity index (χ0n) is 13.5. The van der Waals surface area contributed by atoms with Gasteiger partial charge in [-0.15, -0.1) is 0 Å². The maximum atomic E-state index is 12.3. The Morgan fingerprint density at radius 2 is 2.25 bits per heavy atom. The average Bonchev–Trinajstić information content (AvgIpc) is 3.18. The Morgan fingerprint density at radius 1 is 1.50 bits per heavy atom. The molecule has 3 rings (SSSR count). The van der Waals surface area contributed by atoms with Crippen molar-refractivity contribution >= 4 is 28.3 Å². The second-order valence-corrected chi connectivity index (χ2v) is 6.88. The van der Waals surface area contributed by atoms with Crippen LogP contribution in [-0.4, -0.2) is 49.0 Å². The second-order valence-electron chi connectivity index (χ2n) is 5.88. The number of nitrogens with one attached hydrogen (secondary N) is 1. The molecule has 1 aliphatic rings. The molecule has 128 valence electrons. The van der Waals surface area contributed by atoms with Crippen molar-refractivity contribution in [1.29, 1.82) is 0 Å². The molecular formula is C15H19N5O3S. The first-order chi connectivity index (χ1) is 11.4. The molecule has 1 aliphatic carbocycles. The van der Waals surface area contributed by atoms with Crippen LogP contribution in [0, 0.1) is 6.92 Å². The zero-order chi connectivity index (χ0) is 17.3. The molecule has 24 heavy (non-hydrogen) atoms. The molecule has 0 aromatic carbocycles. The molecule has 0 unspecified atom stereocenters. The molecule has 0 aliphatic heterocycles. The first kappa shape index (κ1) is 16.6. The van der Waals surface area contributed by atoms with E-state index in [2.05, 4.69) is 20.2 Å². The molecule has 0 atom stereocenters. The topological polar surface area (TPSA) is 100 Å². The fourth-order valence-corrected chi connectivity index (χ4v) is 3.30. The zero-order valence-corrected chi connectivity index (χ0v) is 14.3. The third-order valence-electron chi connectivity index (χ3n) is 3.91. The van der Waals surface area contributed by atoms with E-state index in [1.807, 2.05) is 17.8 Å². The van der Waals surface area contributed by atoms with E-state index in [-0.39, 0.29) is 17.3 Å². The maximum Gasteiger partial charge on any atom is 0.347 e. The molecule has 2 heterocycles. The van der Waals surface area contributed by atoms with Gasteiger partial charge in [-0.25, -0.2) is 14.8 Å². The highest BCUT2D eigenvalue weighted by Crippen LogP contribution is 2.28.